The van der Waals surface area contributed by atoms with Crippen LogP contribution >= 0.6 is 0 Å². The summed E-state index contributed by atoms with van der Waals surface area (Å²) in [7, 11) is 1.47. The summed E-state index contributed by atoms with van der Waals surface area (Å²) in [6.45, 7) is 0. The van der Waals surface area contributed by atoms with Gasteiger partial charge in [-0.25, -0.2) is 0 Å². The number of rotatable bonds is 3. The van der Waals surface area contributed by atoms with E-state index in [1.165, 1.54) is 7.11 Å². The van der Waals surface area contributed by atoms with E-state index in [9.17, 15) is 4.79 Å². The molecule has 0 aromatic rings. The topological polar surface area (TPSA) is 26.3 Å². The fourth-order valence-corrected chi connectivity index (χ4v) is 2.24. The molecule has 80 valence electrons. The summed E-state index contributed by atoms with van der Waals surface area (Å²) in [6, 6.07) is 0. The maximum Gasteiger partial charge on any atom is 0.315 e. The first-order chi connectivity index (χ1) is 7.27. The molecule has 0 aromatic carbocycles. The standard InChI is InChI=1S/C13H16O2/c1-15-12(14)13(8-5-9-13)10-11-6-3-2-4-7-11/h2-6,8,11H,7,9-10H2,1H3/t11-,13-/m0/s1. The molecular weight excluding hydrogens is 188 g/mol. The molecule has 15 heavy (non-hydrogen) atoms. The van der Waals surface area contributed by atoms with Crippen molar-refractivity contribution in [3.05, 3.63) is 36.5 Å². The highest BCUT2D eigenvalue weighted by Crippen LogP contribution is 2.42. The van der Waals surface area contributed by atoms with E-state index in [2.05, 4.69) is 24.3 Å². The molecule has 2 aliphatic rings. The first-order valence-electron chi connectivity index (χ1n) is 5.36. The normalized spacial score (nSPS) is 32.5. The molecule has 2 atom stereocenters. The summed E-state index contributed by atoms with van der Waals surface area (Å²) in [4.78, 5) is 11.7. The van der Waals surface area contributed by atoms with Gasteiger partial charge >= 0.3 is 5.97 Å². The van der Waals surface area contributed by atoms with Crippen LogP contribution in [0.2, 0.25) is 0 Å². The zero-order valence-electron chi connectivity index (χ0n) is 8.98. The summed E-state index contributed by atoms with van der Waals surface area (Å²) in [5.74, 6) is 0.381. The summed E-state index contributed by atoms with van der Waals surface area (Å²) < 4.78 is 4.87. The van der Waals surface area contributed by atoms with Gasteiger partial charge in [0.05, 0.1) is 12.5 Å². The summed E-state index contributed by atoms with van der Waals surface area (Å²) in [5, 5.41) is 0. The van der Waals surface area contributed by atoms with Gasteiger partial charge in [-0.2, -0.15) is 0 Å². The fourth-order valence-electron chi connectivity index (χ4n) is 2.24. The second kappa shape index (κ2) is 4.05. The second-order valence-electron chi connectivity index (χ2n) is 4.27. The van der Waals surface area contributed by atoms with E-state index in [1.807, 2.05) is 12.2 Å². The number of esters is 1. The van der Waals surface area contributed by atoms with E-state index in [4.69, 9.17) is 4.74 Å². The lowest BCUT2D eigenvalue weighted by molar-refractivity contribution is -0.151. The van der Waals surface area contributed by atoms with E-state index < -0.39 is 0 Å². The van der Waals surface area contributed by atoms with Gasteiger partial charge in [-0.05, 0) is 25.2 Å². The highest BCUT2D eigenvalue weighted by atomic mass is 16.5. The number of ether oxygens (including phenoxy) is 1. The van der Waals surface area contributed by atoms with Crippen LogP contribution in [0.15, 0.2) is 36.5 Å². The van der Waals surface area contributed by atoms with Crippen molar-refractivity contribution in [2.24, 2.45) is 11.3 Å². The molecule has 0 spiro atoms. The third-order valence-electron chi connectivity index (χ3n) is 3.21. The lowest BCUT2D eigenvalue weighted by Crippen LogP contribution is -2.36. The highest BCUT2D eigenvalue weighted by molar-refractivity contribution is 5.81. The van der Waals surface area contributed by atoms with Crippen LogP contribution in [-0.4, -0.2) is 13.1 Å². The first-order valence-corrected chi connectivity index (χ1v) is 5.36. The SMILES string of the molecule is COC(=O)[C@@]1(C[C@H]2C=CC=CC2)C=CC1. The van der Waals surface area contributed by atoms with Crippen LogP contribution in [-0.2, 0) is 9.53 Å². The molecule has 0 fully saturated rings. The van der Waals surface area contributed by atoms with Gasteiger partial charge in [-0.1, -0.05) is 36.5 Å². The highest BCUT2D eigenvalue weighted by Gasteiger charge is 2.41. The van der Waals surface area contributed by atoms with Gasteiger partial charge in [0.1, 0.15) is 0 Å². The quantitative estimate of drug-likeness (QED) is 0.522. The zero-order valence-corrected chi connectivity index (χ0v) is 8.98. The van der Waals surface area contributed by atoms with Crippen molar-refractivity contribution in [1.29, 1.82) is 0 Å². The molecule has 2 aliphatic carbocycles. The Hall–Kier alpha value is -1.31. The minimum atomic E-state index is -0.338. The predicted molar refractivity (Wildman–Crippen MR) is 59.2 cm³/mol. The molecule has 0 aromatic heterocycles. The van der Waals surface area contributed by atoms with Crippen molar-refractivity contribution in [1.82, 2.24) is 0 Å². The maximum absolute atomic E-state index is 11.7. The molecule has 0 radical (unpaired) electrons. The van der Waals surface area contributed by atoms with Gasteiger partial charge in [0, 0.05) is 0 Å². The molecule has 0 amide bonds. The average Bonchev–Trinajstić information content (AvgIpc) is 2.24. The molecule has 2 rings (SSSR count). The van der Waals surface area contributed by atoms with Gasteiger partial charge in [-0.15, -0.1) is 0 Å². The summed E-state index contributed by atoms with van der Waals surface area (Å²) >= 11 is 0. The van der Waals surface area contributed by atoms with Crippen molar-refractivity contribution in [3.8, 4) is 0 Å². The second-order valence-corrected chi connectivity index (χ2v) is 4.27. The Balaban J connectivity index is 2.02. The van der Waals surface area contributed by atoms with Gasteiger partial charge in [0.15, 0.2) is 0 Å². The molecule has 0 bridgehead atoms. The Labute approximate surface area is 90.3 Å². The molecule has 0 heterocycles. The maximum atomic E-state index is 11.7. The number of hydrogen-bond donors (Lipinski definition) is 0. The Kier molecular flexibility index (Phi) is 2.76. The average molecular weight is 204 g/mol. The Bertz CT molecular complexity index is 338. The van der Waals surface area contributed by atoms with Crippen molar-refractivity contribution >= 4 is 5.97 Å². The molecule has 2 nitrogen and oxygen atoms in total. The van der Waals surface area contributed by atoms with Crippen LogP contribution in [0.4, 0.5) is 0 Å². The van der Waals surface area contributed by atoms with Crippen LogP contribution in [0.3, 0.4) is 0 Å². The Morgan fingerprint density at radius 2 is 2.27 bits per heavy atom. The minimum Gasteiger partial charge on any atom is -0.468 e. The number of methoxy groups -OCH3 is 1. The summed E-state index contributed by atoms with van der Waals surface area (Å²) in [6.07, 6.45) is 15.2. The van der Waals surface area contributed by atoms with Crippen LogP contribution in [0.1, 0.15) is 19.3 Å². The van der Waals surface area contributed by atoms with Crippen molar-refractivity contribution in [3.63, 3.8) is 0 Å². The first kappa shape index (κ1) is 10.2. The van der Waals surface area contributed by atoms with E-state index in [-0.39, 0.29) is 11.4 Å². The van der Waals surface area contributed by atoms with Crippen LogP contribution in [0.25, 0.3) is 0 Å². The molecular formula is C13H16O2. The van der Waals surface area contributed by atoms with Crippen LogP contribution in [0, 0.1) is 11.3 Å². The smallest absolute Gasteiger partial charge is 0.315 e. The van der Waals surface area contributed by atoms with Crippen molar-refractivity contribution in [2.75, 3.05) is 7.11 Å². The molecule has 0 saturated heterocycles. The van der Waals surface area contributed by atoms with E-state index >= 15 is 0 Å². The molecule has 2 heteroatoms. The molecule has 0 N–H and O–H groups in total. The number of allylic oxidation sites excluding steroid dienone is 5. The largest absolute Gasteiger partial charge is 0.468 e. The lowest BCUT2D eigenvalue weighted by Gasteiger charge is -2.35. The van der Waals surface area contributed by atoms with E-state index in [0.717, 1.165) is 19.3 Å². The Morgan fingerprint density at radius 1 is 1.47 bits per heavy atom. The minimum absolute atomic E-state index is 0.0899. The molecule has 0 aliphatic heterocycles. The predicted octanol–water partition coefficient (Wildman–Crippen LogP) is 2.63. The zero-order chi connectivity index (χ0) is 10.7. The third kappa shape index (κ3) is 1.89. The van der Waals surface area contributed by atoms with Crippen LogP contribution < -0.4 is 0 Å². The number of carbonyl (C=O) groups is 1. The third-order valence-corrected chi connectivity index (χ3v) is 3.21. The fraction of sp³-hybridized carbons (Fsp3) is 0.462. The van der Waals surface area contributed by atoms with Gasteiger partial charge in [0.25, 0.3) is 0 Å². The molecule has 0 unspecified atom stereocenters. The van der Waals surface area contributed by atoms with Crippen LogP contribution in [0.5, 0.6) is 0 Å². The Morgan fingerprint density at radius 3 is 2.73 bits per heavy atom. The molecule has 0 saturated carbocycles. The number of carbonyl (C=O) groups excluding carboxylic acids is 1. The monoisotopic (exact) mass is 204 g/mol. The lowest BCUT2D eigenvalue weighted by atomic mass is 9.69. The van der Waals surface area contributed by atoms with Gasteiger partial charge in [-0.3, -0.25) is 4.79 Å². The van der Waals surface area contributed by atoms with Crippen molar-refractivity contribution in [2.45, 2.75) is 19.3 Å². The van der Waals surface area contributed by atoms with Gasteiger partial charge < -0.3 is 4.74 Å². The summed E-state index contributed by atoms with van der Waals surface area (Å²) in [5.41, 5.74) is -0.338. The van der Waals surface area contributed by atoms with E-state index in [1.54, 1.807) is 0 Å². The van der Waals surface area contributed by atoms with Gasteiger partial charge in [0.2, 0.25) is 0 Å². The van der Waals surface area contributed by atoms with Crippen molar-refractivity contribution < 1.29 is 9.53 Å². The van der Waals surface area contributed by atoms with E-state index in [0.29, 0.717) is 5.92 Å². The number of hydrogen-bond acceptors (Lipinski definition) is 2.